The van der Waals surface area contributed by atoms with Gasteiger partial charge < -0.3 is 16.0 Å². The summed E-state index contributed by atoms with van der Waals surface area (Å²) in [5, 5.41) is 8.34. The number of hydrogen-bond acceptors (Lipinski definition) is 3. The van der Waals surface area contributed by atoms with Gasteiger partial charge >= 0.3 is 6.03 Å². The summed E-state index contributed by atoms with van der Waals surface area (Å²) >= 11 is 0. The molecule has 3 N–H and O–H groups in total. The molecular formula is C15H22N4O2. The summed E-state index contributed by atoms with van der Waals surface area (Å²) in [5.74, 6) is 0.362. The van der Waals surface area contributed by atoms with E-state index in [9.17, 15) is 9.59 Å². The van der Waals surface area contributed by atoms with E-state index in [1.165, 1.54) is 19.3 Å². The van der Waals surface area contributed by atoms with Crippen LogP contribution in [0.2, 0.25) is 0 Å². The molecular weight excluding hydrogens is 268 g/mol. The molecule has 0 spiro atoms. The van der Waals surface area contributed by atoms with Crippen molar-refractivity contribution in [2.75, 3.05) is 11.9 Å². The van der Waals surface area contributed by atoms with E-state index in [2.05, 4.69) is 20.9 Å². The van der Waals surface area contributed by atoms with Crippen LogP contribution in [-0.2, 0) is 4.79 Å². The summed E-state index contributed by atoms with van der Waals surface area (Å²) in [6.07, 6.45) is 7.56. The number of pyridine rings is 1. The molecule has 0 atom stereocenters. The summed E-state index contributed by atoms with van der Waals surface area (Å²) in [6.45, 7) is 0.317. The number of hydrogen-bond donors (Lipinski definition) is 3. The van der Waals surface area contributed by atoms with E-state index in [0.717, 1.165) is 12.8 Å². The van der Waals surface area contributed by atoms with E-state index in [1.54, 1.807) is 24.4 Å². The number of carbonyl (C=O) groups excluding carboxylic acids is 2. The van der Waals surface area contributed by atoms with Gasteiger partial charge in [-0.15, -0.1) is 0 Å². The van der Waals surface area contributed by atoms with Crippen LogP contribution in [-0.4, -0.2) is 29.5 Å². The molecule has 1 heterocycles. The minimum atomic E-state index is -0.187. The number of amides is 3. The van der Waals surface area contributed by atoms with Gasteiger partial charge in [0.2, 0.25) is 5.91 Å². The quantitative estimate of drug-likeness (QED) is 0.776. The maximum absolute atomic E-state index is 11.7. The third-order valence-electron chi connectivity index (χ3n) is 3.51. The molecule has 0 aromatic carbocycles. The molecule has 2 rings (SSSR count). The number of anilines is 1. The Morgan fingerprint density at radius 3 is 2.71 bits per heavy atom. The molecule has 3 amide bonds. The zero-order valence-electron chi connectivity index (χ0n) is 12.1. The lowest BCUT2D eigenvalue weighted by Crippen LogP contribution is -2.43. The fourth-order valence-corrected chi connectivity index (χ4v) is 2.41. The highest BCUT2D eigenvalue weighted by Crippen LogP contribution is 2.17. The Balaban J connectivity index is 1.60. The second-order valence-corrected chi connectivity index (χ2v) is 5.25. The third kappa shape index (κ3) is 5.81. The monoisotopic (exact) mass is 290 g/mol. The Bertz CT molecular complexity index is 458. The molecule has 1 aliphatic rings. The van der Waals surface area contributed by atoms with Gasteiger partial charge in [-0.25, -0.2) is 9.78 Å². The van der Waals surface area contributed by atoms with E-state index in [1.807, 2.05) is 0 Å². The Morgan fingerprint density at radius 1 is 1.19 bits per heavy atom. The zero-order valence-corrected chi connectivity index (χ0v) is 12.1. The van der Waals surface area contributed by atoms with E-state index in [-0.39, 0.29) is 24.4 Å². The molecule has 0 saturated heterocycles. The summed E-state index contributed by atoms with van der Waals surface area (Å²) < 4.78 is 0. The van der Waals surface area contributed by atoms with Crippen LogP contribution in [0.25, 0.3) is 0 Å². The van der Waals surface area contributed by atoms with Crippen molar-refractivity contribution in [1.29, 1.82) is 0 Å². The highest BCUT2D eigenvalue weighted by Gasteiger charge is 2.15. The molecule has 21 heavy (non-hydrogen) atoms. The summed E-state index contributed by atoms with van der Waals surface area (Å²) in [5.41, 5.74) is 0. The average Bonchev–Trinajstić information content (AvgIpc) is 2.49. The number of nitrogens with zero attached hydrogens (tertiary/aromatic N) is 1. The van der Waals surface area contributed by atoms with Gasteiger partial charge in [0.05, 0.1) is 0 Å². The minimum Gasteiger partial charge on any atom is -0.338 e. The van der Waals surface area contributed by atoms with Crippen molar-refractivity contribution in [2.24, 2.45) is 0 Å². The molecule has 114 valence electrons. The lowest BCUT2D eigenvalue weighted by Gasteiger charge is -2.22. The maximum Gasteiger partial charge on any atom is 0.315 e. The van der Waals surface area contributed by atoms with Crippen molar-refractivity contribution in [1.82, 2.24) is 15.6 Å². The third-order valence-corrected chi connectivity index (χ3v) is 3.51. The lowest BCUT2D eigenvalue weighted by molar-refractivity contribution is -0.116. The van der Waals surface area contributed by atoms with E-state index in [0.29, 0.717) is 12.4 Å². The van der Waals surface area contributed by atoms with Crippen LogP contribution in [0.5, 0.6) is 0 Å². The highest BCUT2D eigenvalue weighted by molar-refractivity contribution is 5.90. The van der Waals surface area contributed by atoms with Gasteiger partial charge in [0.15, 0.2) is 0 Å². The topological polar surface area (TPSA) is 83.1 Å². The first-order valence-electron chi connectivity index (χ1n) is 7.49. The van der Waals surface area contributed by atoms with Gasteiger partial charge in [-0.2, -0.15) is 0 Å². The van der Waals surface area contributed by atoms with Gasteiger partial charge in [0.25, 0.3) is 0 Å². The van der Waals surface area contributed by atoms with Crippen LogP contribution in [0, 0.1) is 0 Å². The summed E-state index contributed by atoms with van der Waals surface area (Å²) in [6, 6.07) is 5.40. The van der Waals surface area contributed by atoms with Gasteiger partial charge in [-0.1, -0.05) is 25.3 Å². The van der Waals surface area contributed by atoms with Crippen molar-refractivity contribution < 1.29 is 9.59 Å². The van der Waals surface area contributed by atoms with Crippen molar-refractivity contribution in [3.63, 3.8) is 0 Å². The number of carbonyl (C=O) groups is 2. The van der Waals surface area contributed by atoms with Gasteiger partial charge in [-0.3, -0.25) is 4.79 Å². The average molecular weight is 290 g/mol. The number of nitrogens with one attached hydrogen (secondary N) is 3. The van der Waals surface area contributed by atoms with Gasteiger partial charge in [0, 0.05) is 25.2 Å². The standard InChI is InChI=1S/C15H22N4O2/c20-14(19-13-8-4-5-10-16-13)9-11-17-15(21)18-12-6-2-1-3-7-12/h4-5,8,10,12H,1-3,6-7,9,11H2,(H,16,19,20)(H2,17,18,21). The van der Waals surface area contributed by atoms with Gasteiger partial charge in [-0.05, 0) is 25.0 Å². The molecule has 1 saturated carbocycles. The minimum absolute atomic E-state index is 0.160. The van der Waals surface area contributed by atoms with Crippen LogP contribution in [0.1, 0.15) is 38.5 Å². The lowest BCUT2D eigenvalue weighted by atomic mass is 9.96. The Morgan fingerprint density at radius 2 is 2.00 bits per heavy atom. The van der Waals surface area contributed by atoms with Gasteiger partial charge in [0.1, 0.15) is 5.82 Å². The van der Waals surface area contributed by atoms with Crippen molar-refractivity contribution in [3.8, 4) is 0 Å². The largest absolute Gasteiger partial charge is 0.338 e. The van der Waals surface area contributed by atoms with Crippen LogP contribution >= 0.6 is 0 Å². The molecule has 6 heteroatoms. The molecule has 1 aliphatic carbocycles. The Labute approximate surface area is 124 Å². The molecule has 1 aromatic rings. The molecule has 6 nitrogen and oxygen atoms in total. The molecule has 0 unspecified atom stereocenters. The first-order valence-corrected chi connectivity index (χ1v) is 7.49. The smallest absolute Gasteiger partial charge is 0.315 e. The second kappa shape index (κ2) is 8.24. The number of urea groups is 1. The van der Waals surface area contributed by atoms with Crippen molar-refractivity contribution >= 4 is 17.8 Å². The predicted octanol–water partition coefficient (Wildman–Crippen LogP) is 2.04. The maximum atomic E-state index is 11.7. The fraction of sp³-hybridized carbons (Fsp3) is 0.533. The van der Waals surface area contributed by atoms with Crippen molar-refractivity contribution in [2.45, 2.75) is 44.6 Å². The summed E-state index contributed by atoms with van der Waals surface area (Å²) in [4.78, 5) is 27.4. The molecule has 0 aliphatic heterocycles. The fourth-order valence-electron chi connectivity index (χ4n) is 2.41. The molecule has 1 aromatic heterocycles. The summed E-state index contributed by atoms with van der Waals surface area (Å²) in [7, 11) is 0. The van der Waals surface area contributed by atoms with Crippen molar-refractivity contribution in [3.05, 3.63) is 24.4 Å². The van der Waals surface area contributed by atoms with Crippen LogP contribution in [0.15, 0.2) is 24.4 Å². The first-order chi connectivity index (χ1) is 10.2. The first kappa shape index (κ1) is 15.3. The Kier molecular flexibility index (Phi) is 5.99. The predicted molar refractivity (Wildman–Crippen MR) is 80.9 cm³/mol. The normalized spacial score (nSPS) is 15.2. The zero-order chi connectivity index (χ0) is 14.9. The van der Waals surface area contributed by atoms with Crippen LogP contribution < -0.4 is 16.0 Å². The van der Waals surface area contributed by atoms with E-state index in [4.69, 9.17) is 0 Å². The Hall–Kier alpha value is -2.11. The van der Waals surface area contributed by atoms with E-state index < -0.39 is 0 Å². The van der Waals surface area contributed by atoms with Crippen LogP contribution in [0.4, 0.5) is 10.6 Å². The highest BCUT2D eigenvalue weighted by atomic mass is 16.2. The van der Waals surface area contributed by atoms with E-state index >= 15 is 0 Å². The molecule has 1 fully saturated rings. The number of rotatable bonds is 5. The SMILES string of the molecule is O=C(CCNC(=O)NC1CCCCC1)Nc1ccccn1. The molecule has 0 bridgehead atoms. The second-order valence-electron chi connectivity index (χ2n) is 5.25. The molecule has 0 radical (unpaired) electrons. The van der Waals surface area contributed by atoms with Crippen LogP contribution in [0.3, 0.4) is 0 Å². The number of aromatic nitrogens is 1.